The topological polar surface area (TPSA) is 58.6 Å². The van der Waals surface area contributed by atoms with Crippen LogP contribution in [0.1, 0.15) is 20.8 Å². The molecule has 29 heavy (non-hydrogen) atoms. The molecule has 1 saturated heterocycles. The average molecular weight is 441 g/mol. The Balaban J connectivity index is 1.71. The van der Waals surface area contributed by atoms with E-state index < -0.39 is 11.2 Å². The van der Waals surface area contributed by atoms with Crippen molar-refractivity contribution in [3.05, 3.63) is 41.4 Å². The molecular weight excluding hydrogens is 418 g/mol. The molecule has 0 aliphatic carbocycles. The lowest BCUT2D eigenvalue weighted by Gasteiger charge is -2.43. The van der Waals surface area contributed by atoms with Crippen molar-refractivity contribution in [3.8, 4) is 11.6 Å². The zero-order valence-corrected chi connectivity index (χ0v) is 18.0. The predicted octanol–water partition coefficient (Wildman–Crippen LogP) is 4.36. The number of piperazine rings is 1. The number of rotatable bonds is 5. The summed E-state index contributed by atoms with van der Waals surface area (Å²) in [5.74, 6) is 1.19. The van der Waals surface area contributed by atoms with Gasteiger partial charge in [0.25, 0.3) is 0 Å². The van der Waals surface area contributed by atoms with E-state index in [2.05, 4.69) is 14.9 Å². The first-order valence-electron chi connectivity index (χ1n) is 9.28. The molecule has 1 unspecified atom stereocenters. The van der Waals surface area contributed by atoms with Crippen molar-refractivity contribution in [3.63, 3.8) is 0 Å². The van der Waals surface area contributed by atoms with Crippen molar-refractivity contribution in [2.45, 2.75) is 26.8 Å². The van der Waals surface area contributed by atoms with E-state index in [1.807, 2.05) is 25.7 Å². The fourth-order valence-electron chi connectivity index (χ4n) is 3.14. The van der Waals surface area contributed by atoms with Crippen molar-refractivity contribution < 1.29 is 13.9 Å². The van der Waals surface area contributed by atoms with Gasteiger partial charge < -0.3 is 14.5 Å². The minimum absolute atomic E-state index is 0.00428. The number of ether oxygens (including phenoxy) is 1. The summed E-state index contributed by atoms with van der Waals surface area (Å²) in [6.45, 7) is 7.54. The van der Waals surface area contributed by atoms with E-state index in [1.54, 1.807) is 6.07 Å². The van der Waals surface area contributed by atoms with Gasteiger partial charge in [-0.2, -0.15) is 0 Å². The monoisotopic (exact) mass is 440 g/mol. The normalized spacial score (nSPS) is 17.4. The Morgan fingerprint density at radius 1 is 1.31 bits per heavy atom. The van der Waals surface area contributed by atoms with E-state index in [-0.39, 0.29) is 22.9 Å². The summed E-state index contributed by atoms with van der Waals surface area (Å²) in [6.07, 6.45) is 1.40. The van der Waals surface area contributed by atoms with Gasteiger partial charge in [-0.25, -0.2) is 14.4 Å². The molecule has 3 rings (SSSR count). The number of anilines is 1. The number of carbonyl (C=O) groups excluding carboxylic acids is 1. The molecule has 1 aliphatic heterocycles. The fourth-order valence-corrected chi connectivity index (χ4v) is 3.46. The van der Waals surface area contributed by atoms with Crippen molar-refractivity contribution in [2.24, 2.45) is 5.41 Å². The molecule has 156 valence electrons. The van der Waals surface area contributed by atoms with Crippen LogP contribution in [0.3, 0.4) is 0 Å². The Morgan fingerprint density at radius 3 is 2.72 bits per heavy atom. The van der Waals surface area contributed by atoms with Gasteiger partial charge in [0.1, 0.15) is 23.7 Å². The molecule has 2 heterocycles. The molecule has 0 N–H and O–H groups in total. The van der Waals surface area contributed by atoms with E-state index >= 15 is 0 Å². The van der Waals surface area contributed by atoms with Crippen LogP contribution in [-0.2, 0) is 4.79 Å². The number of hydrogen-bond acceptors (Lipinski definition) is 5. The number of amides is 1. The molecule has 1 aliphatic rings. The molecule has 0 bridgehead atoms. The minimum Gasteiger partial charge on any atom is -0.437 e. The molecule has 1 aromatic heterocycles. The Bertz CT molecular complexity index is 897. The van der Waals surface area contributed by atoms with E-state index in [0.717, 1.165) is 0 Å². The smallest absolute Gasteiger partial charge is 0.229 e. The number of benzene rings is 1. The molecule has 1 atom stereocenters. The third kappa shape index (κ3) is 4.90. The average Bonchev–Trinajstić information content (AvgIpc) is 2.70. The molecule has 0 saturated carbocycles. The van der Waals surface area contributed by atoms with Crippen molar-refractivity contribution in [2.75, 3.05) is 30.4 Å². The number of halogens is 3. The van der Waals surface area contributed by atoms with Crippen LogP contribution in [0, 0.1) is 11.2 Å². The van der Waals surface area contributed by atoms with Gasteiger partial charge in [0.2, 0.25) is 11.8 Å². The first-order chi connectivity index (χ1) is 13.7. The maximum Gasteiger partial charge on any atom is 0.229 e. The predicted molar refractivity (Wildman–Crippen MR) is 111 cm³/mol. The van der Waals surface area contributed by atoms with Gasteiger partial charge in [-0.15, -0.1) is 11.6 Å². The molecule has 6 nitrogen and oxygen atoms in total. The van der Waals surface area contributed by atoms with Gasteiger partial charge >= 0.3 is 0 Å². The summed E-state index contributed by atoms with van der Waals surface area (Å²) in [5, 5.41) is 0.160. The summed E-state index contributed by atoms with van der Waals surface area (Å²) < 4.78 is 18.9. The molecule has 1 aromatic carbocycles. The van der Waals surface area contributed by atoms with E-state index in [0.29, 0.717) is 37.1 Å². The second kappa shape index (κ2) is 8.71. The summed E-state index contributed by atoms with van der Waals surface area (Å²) >= 11 is 12.0. The van der Waals surface area contributed by atoms with Gasteiger partial charge in [-0.1, -0.05) is 11.6 Å². The number of carbonyl (C=O) groups is 1. The van der Waals surface area contributed by atoms with Crippen LogP contribution in [0.2, 0.25) is 5.02 Å². The number of aromatic nitrogens is 2. The zero-order valence-electron chi connectivity index (χ0n) is 16.5. The van der Waals surface area contributed by atoms with Crippen LogP contribution in [0.5, 0.6) is 11.6 Å². The SMILES string of the molecule is CC1CN(c2cc(Oc3ccc(F)cc3Cl)ncn2)CCN1C(=O)C(C)(C)CCl. The molecule has 2 aromatic rings. The highest BCUT2D eigenvalue weighted by Crippen LogP contribution is 2.30. The molecule has 1 fully saturated rings. The summed E-state index contributed by atoms with van der Waals surface area (Å²) in [6, 6.07) is 5.60. The third-order valence-corrected chi connectivity index (χ3v) is 5.82. The standard InChI is InChI=1S/C20H23Cl2FN4O2/c1-13-10-26(6-7-27(13)19(28)20(2,3)11-21)17-9-18(25-12-24-17)29-16-5-4-14(23)8-15(16)22/h4-5,8-9,12-13H,6-7,10-11H2,1-3H3. The molecule has 9 heteroatoms. The Hall–Kier alpha value is -2.12. The van der Waals surface area contributed by atoms with Gasteiger partial charge in [-0.3, -0.25) is 4.79 Å². The zero-order chi connectivity index (χ0) is 21.2. The van der Waals surface area contributed by atoms with Crippen molar-refractivity contribution >= 4 is 34.9 Å². The molecule has 0 radical (unpaired) electrons. The highest BCUT2D eigenvalue weighted by Gasteiger charge is 2.36. The number of nitrogens with zero attached hydrogens (tertiary/aromatic N) is 4. The summed E-state index contributed by atoms with van der Waals surface area (Å²) in [5.41, 5.74) is -0.595. The van der Waals surface area contributed by atoms with Crippen LogP contribution in [0.4, 0.5) is 10.2 Å². The lowest BCUT2D eigenvalue weighted by Crippen LogP contribution is -2.57. The maximum absolute atomic E-state index is 13.2. The number of alkyl halides is 1. The van der Waals surface area contributed by atoms with Crippen LogP contribution in [0.25, 0.3) is 0 Å². The quantitative estimate of drug-likeness (QED) is 0.646. The van der Waals surface area contributed by atoms with E-state index in [4.69, 9.17) is 27.9 Å². The van der Waals surface area contributed by atoms with E-state index in [1.165, 1.54) is 24.5 Å². The van der Waals surface area contributed by atoms with Crippen LogP contribution in [-0.4, -0.2) is 52.3 Å². The Labute approximate surface area is 179 Å². The van der Waals surface area contributed by atoms with Gasteiger partial charge in [0, 0.05) is 37.6 Å². The van der Waals surface area contributed by atoms with Crippen LogP contribution >= 0.6 is 23.2 Å². The van der Waals surface area contributed by atoms with Gasteiger partial charge in [-0.05, 0) is 39.0 Å². The first-order valence-corrected chi connectivity index (χ1v) is 10.2. The van der Waals surface area contributed by atoms with Crippen LogP contribution < -0.4 is 9.64 Å². The van der Waals surface area contributed by atoms with Gasteiger partial charge in [0.15, 0.2) is 0 Å². The highest BCUT2D eigenvalue weighted by molar-refractivity contribution is 6.32. The lowest BCUT2D eigenvalue weighted by atomic mass is 9.93. The number of hydrogen-bond donors (Lipinski definition) is 0. The third-order valence-electron chi connectivity index (χ3n) is 4.86. The maximum atomic E-state index is 13.2. The lowest BCUT2D eigenvalue weighted by molar-refractivity contribution is -0.141. The summed E-state index contributed by atoms with van der Waals surface area (Å²) in [7, 11) is 0. The second-order valence-corrected chi connectivity index (χ2v) is 8.38. The fraction of sp³-hybridized carbons (Fsp3) is 0.450. The Morgan fingerprint density at radius 2 is 2.07 bits per heavy atom. The van der Waals surface area contributed by atoms with Crippen molar-refractivity contribution in [1.82, 2.24) is 14.9 Å². The molecular formula is C20H23Cl2FN4O2. The minimum atomic E-state index is -0.595. The summed E-state index contributed by atoms with van der Waals surface area (Å²) in [4.78, 5) is 25.1. The van der Waals surface area contributed by atoms with Crippen LogP contribution in [0.15, 0.2) is 30.6 Å². The Kier molecular flexibility index (Phi) is 6.49. The largest absolute Gasteiger partial charge is 0.437 e. The van der Waals surface area contributed by atoms with Gasteiger partial charge in [0.05, 0.1) is 10.4 Å². The molecule has 1 amide bonds. The first kappa shape index (κ1) is 21.6. The van der Waals surface area contributed by atoms with Crippen molar-refractivity contribution in [1.29, 1.82) is 0 Å². The second-order valence-electron chi connectivity index (χ2n) is 7.70. The highest BCUT2D eigenvalue weighted by atomic mass is 35.5. The van der Waals surface area contributed by atoms with E-state index in [9.17, 15) is 9.18 Å². The molecule has 0 spiro atoms.